The van der Waals surface area contributed by atoms with Gasteiger partial charge in [0.05, 0.1) is 5.92 Å². The molecule has 0 aromatic heterocycles. The largest absolute Gasteiger partial charge is 0.331 e. The smallest absolute Gasteiger partial charge is 0.319 e. The first-order valence-corrected chi connectivity index (χ1v) is 7.85. The van der Waals surface area contributed by atoms with Gasteiger partial charge in [-0.1, -0.05) is 23.2 Å². The Kier molecular flexibility index (Phi) is 5.53. The van der Waals surface area contributed by atoms with Crippen molar-refractivity contribution in [1.82, 2.24) is 9.80 Å². The van der Waals surface area contributed by atoms with E-state index in [1.165, 1.54) is 4.90 Å². The number of piperidine rings is 1. The summed E-state index contributed by atoms with van der Waals surface area (Å²) in [5.74, 6) is -0.343. The Hall–Kier alpha value is -1.46. The van der Waals surface area contributed by atoms with Gasteiger partial charge >= 0.3 is 6.03 Å². The van der Waals surface area contributed by atoms with Crippen molar-refractivity contribution in [2.24, 2.45) is 5.92 Å². The van der Waals surface area contributed by atoms with Gasteiger partial charge in [0.15, 0.2) is 0 Å². The minimum Gasteiger partial charge on any atom is -0.331 e. The third-order valence-electron chi connectivity index (χ3n) is 3.58. The SMILES string of the molecule is CN(C)C(=O)N1CCC[C@H](C(=O)Nc2cc(Cl)cc(Cl)c2)C1. The van der Waals surface area contributed by atoms with Crippen LogP contribution in [0.3, 0.4) is 0 Å². The highest BCUT2D eigenvalue weighted by Crippen LogP contribution is 2.24. The Balaban J connectivity index is 2.01. The van der Waals surface area contributed by atoms with Crippen molar-refractivity contribution in [1.29, 1.82) is 0 Å². The quantitative estimate of drug-likeness (QED) is 0.895. The molecule has 1 saturated heterocycles. The maximum Gasteiger partial charge on any atom is 0.319 e. The van der Waals surface area contributed by atoms with Gasteiger partial charge in [-0.2, -0.15) is 0 Å². The summed E-state index contributed by atoms with van der Waals surface area (Å²) in [6, 6.07) is 4.84. The van der Waals surface area contributed by atoms with Crippen LogP contribution < -0.4 is 5.32 Å². The van der Waals surface area contributed by atoms with Gasteiger partial charge in [0.2, 0.25) is 5.91 Å². The molecular formula is C15H19Cl2N3O2. The number of nitrogens with zero attached hydrogens (tertiary/aromatic N) is 2. The van der Waals surface area contributed by atoms with Crippen LogP contribution in [0.1, 0.15) is 12.8 Å². The van der Waals surface area contributed by atoms with E-state index in [1.54, 1.807) is 37.2 Å². The molecule has 0 saturated carbocycles. The third-order valence-corrected chi connectivity index (χ3v) is 4.01. The minimum atomic E-state index is -0.226. The maximum atomic E-state index is 12.4. The molecule has 5 nitrogen and oxygen atoms in total. The predicted octanol–water partition coefficient (Wildman–Crippen LogP) is 3.33. The number of amides is 3. The highest BCUT2D eigenvalue weighted by molar-refractivity contribution is 6.35. The van der Waals surface area contributed by atoms with E-state index in [0.29, 0.717) is 28.8 Å². The fraction of sp³-hybridized carbons (Fsp3) is 0.467. The molecular weight excluding hydrogens is 325 g/mol. The first-order valence-electron chi connectivity index (χ1n) is 7.10. The van der Waals surface area contributed by atoms with Gasteiger partial charge in [-0.05, 0) is 31.0 Å². The van der Waals surface area contributed by atoms with Crippen molar-refractivity contribution in [2.45, 2.75) is 12.8 Å². The number of carbonyl (C=O) groups excluding carboxylic acids is 2. The lowest BCUT2D eigenvalue weighted by Crippen LogP contribution is -2.47. The van der Waals surface area contributed by atoms with Crippen LogP contribution in [0.2, 0.25) is 10.0 Å². The van der Waals surface area contributed by atoms with Crippen molar-refractivity contribution in [2.75, 3.05) is 32.5 Å². The van der Waals surface area contributed by atoms with E-state index < -0.39 is 0 Å². The lowest BCUT2D eigenvalue weighted by Gasteiger charge is -2.33. The number of anilines is 1. The van der Waals surface area contributed by atoms with Crippen LogP contribution in [0.4, 0.5) is 10.5 Å². The standard InChI is InChI=1S/C15H19Cl2N3O2/c1-19(2)15(22)20-5-3-4-10(9-20)14(21)18-13-7-11(16)6-12(17)8-13/h6-8,10H,3-5,9H2,1-2H3,(H,18,21)/t10-/m0/s1. The van der Waals surface area contributed by atoms with Crippen molar-refractivity contribution in [3.8, 4) is 0 Å². The van der Waals surface area contributed by atoms with Gasteiger partial charge in [-0.25, -0.2) is 4.79 Å². The van der Waals surface area contributed by atoms with Crippen molar-refractivity contribution < 1.29 is 9.59 Å². The lowest BCUT2D eigenvalue weighted by molar-refractivity contribution is -0.121. The van der Waals surface area contributed by atoms with Crippen molar-refractivity contribution >= 4 is 40.8 Å². The summed E-state index contributed by atoms with van der Waals surface area (Å²) in [5, 5.41) is 3.76. The highest BCUT2D eigenvalue weighted by atomic mass is 35.5. The van der Waals surface area contributed by atoms with Crippen LogP contribution >= 0.6 is 23.2 Å². The molecule has 7 heteroatoms. The second-order valence-corrected chi connectivity index (χ2v) is 6.48. The summed E-state index contributed by atoms with van der Waals surface area (Å²) >= 11 is 11.8. The lowest BCUT2D eigenvalue weighted by atomic mass is 9.97. The summed E-state index contributed by atoms with van der Waals surface area (Å²) in [6.45, 7) is 1.11. The summed E-state index contributed by atoms with van der Waals surface area (Å²) in [6.07, 6.45) is 1.57. The molecule has 1 atom stereocenters. The van der Waals surface area contributed by atoms with E-state index in [9.17, 15) is 9.59 Å². The number of likely N-dealkylation sites (tertiary alicyclic amines) is 1. The van der Waals surface area contributed by atoms with Crippen LogP contribution in [0.25, 0.3) is 0 Å². The normalized spacial score (nSPS) is 18.0. The number of benzene rings is 1. The minimum absolute atomic E-state index is 0.0664. The Morgan fingerprint density at radius 2 is 1.86 bits per heavy atom. The average Bonchev–Trinajstić information content (AvgIpc) is 2.45. The monoisotopic (exact) mass is 343 g/mol. The first-order chi connectivity index (χ1) is 10.4. The summed E-state index contributed by atoms with van der Waals surface area (Å²) in [5.41, 5.74) is 0.568. The van der Waals surface area contributed by atoms with E-state index in [2.05, 4.69) is 5.32 Å². The Morgan fingerprint density at radius 3 is 2.45 bits per heavy atom. The second-order valence-electron chi connectivity index (χ2n) is 5.61. The van der Waals surface area contributed by atoms with E-state index >= 15 is 0 Å². The molecule has 120 valence electrons. The number of hydrogen-bond acceptors (Lipinski definition) is 2. The molecule has 3 amide bonds. The van der Waals surface area contributed by atoms with Gasteiger partial charge in [0.1, 0.15) is 0 Å². The topological polar surface area (TPSA) is 52.7 Å². The van der Waals surface area contributed by atoms with Crippen LogP contribution in [0.5, 0.6) is 0 Å². The summed E-state index contributed by atoms with van der Waals surface area (Å²) in [4.78, 5) is 27.6. The van der Waals surface area contributed by atoms with Crippen LogP contribution in [-0.4, -0.2) is 48.9 Å². The molecule has 1 aliphatic rings. The maximum absolute atomic E-state index is 12.4. The molecule has 0 bridgehead atoms. The van der Waals surface area contributed by atoms with E-state index in [-0.39, 0.29) is 17.9 Å². The van der Waals surface area contributed by atoms with Crippen LogP contribution in [0.15, 0.2) is 18.2 Å². The Bertz CT molecular complexity index is 558. The van der Waals surface area contributed by atoms with Gasteiger partial charge in [0, 0.05) is 42.9 Å². The van der Waals surface area contributed by atoms with E-state index in [4.69, 9.17) is 23.2 Å². The number of hydrogen-bond donors (Lipinski definition) is 1. The molecule has 1 aliphatic heterocycles. The summed E-state index contributed by atoms with van der Waals surface area (Å²) in [7, 11) is 3.42. The predicted molar refractivity (Wildman–Crippen MR) is 88.5 cm³/mol. The van der Waals surface area contributed by atoms with Crippen LogP contribution in [-0.2, 0) is 4.79 Å². The summed E-state index contributed by atoms with van der Waals surface area (Å²) < 4.78 is 0. The zero-order valence-corrected chi connectivity index (χ0v) is 14.1. The molecule has 1 aromatic rings. The number of rotatable bonds is 2. The van der Waals surface area contributed by atoms with Crippen LogP contribution in [0, 0.1) is 5.92 Å². The molecule has 0 radical (unpaired) electrons. The number of halogens is 2. The zero-order chi connectivity index (χ0) is 16.3. The molecule has 22 heavy (non-hydrogen) atoms. The molecule has 1 heterocycles. The molecule has 0 unspecified atom stereocenters. The fourth-order valence-corrected chi connectivity index (χ4v) is 3.04. The average molecular weight is 344 g/mol. The highest BCUT2D eigenvalue weighted by Gasteiger charge is 2.29. The van der Waals surface area contributed by atoms with E-state index in [0.717, 1.165) is 12.8 Å². The van der Waals surface area contributed by atoms with Gasteiger partial charge in [-0.3, -0.25) is 4.79 Å². The Morgan fingerprint density at radius 1 is 1.23 bits per heavy atom. The number of nitrogens with one attached hydrogen (secondary N) is 1. The second kappa shape index (κ2) is 7.20. The molecule has 2 rings (SSSR count). The first kappa shape index (κ1) is 16.9. The van der Waals surface area contributed by atoms with Gasteiger partial charge in [0.25, 0.3) is 0 Å². The molecule has 0 aliphatic carbocycles. The van der Waals surface area contributed by atoms with Crippen molar-refractivity contribution in [3.63, 3.8) is 0 Å². The molecule has 1 N–H and O–H groups in total. The Labute approximate surface area is 140 Å². The van der Waals surface area contributed by atoms with Gasteiger partial charge in [-0.15, -0.1) is 0 Å². The molecule has 1 aromatic carbocycles. The fourth-order valence-electron chi connectivity index (χ4n) is 2.52. The zero-order valence-electron chi connectivity index (χ0n) is 12.6. The van der Waals surface area contributed by atoms with Gasteiger partial charge < -0.3 is 15.1 Å². The molecule has 1 fully saturated rings. The van der Waals surface area contributed by atoms with E-state index in [1.807, 2.05) is 0 Å². The van der Waals surface area contributed by atoms with Crippen molar-refractivity contribution in [3.05, 3.63) is 28.2 Å². The third kappa shape index (κ3) is 4.27. The molecule has 0 spiro atoms. The number of carbonyl (C=O) groups is 2. The number of urea groups is 1.